The van der Waals surface area contributed by atoms with Crippen LogP contribution in [0.15, 0.2) is 0 Å². The molecule has 0 radical (unpaired) electrons. The van der Waals surface area contributed by atoms with Gasteiger partial charge in [-0.2, -0.15) is 5.26 Å². The van der Waals surface area contributed by atoms with Crippen molar-refractivity contribution in [3.63, 3.8) is 0 Å². The van der Waals surface area contributed by atoms with Gasteiger partial charge in [0.05, 0.1) is 0 Å². The minimum atomic E-state index is -3.13. The molecule has 0 aliphatic carbocycles. The Kier molecular flexibility index (Phi) is 12.5. The van der Waals surface area contributed by atoms with Gasteiger partial charge in [0.15, 0.2) is 0 Å². The van der Waals surface area contributed by atoms with Gasteiger partial charge in [0.2, 0.25) is 0 Å². The molecule has 0 saturated heterocycles. The number of aliphatic hydroxyl groups is 1. The molecule has 6 heteroatoms. The Morgan fingerprint density at radius 2 is 1.57 bits per heavy atom. The van der Waals surface area contributed by atoms with E-state index in [-0.39, 0.29) is 0 Å². The number of rotatable bonds is 0. The molecule has 0 aromatic rings. The normalized spacial score (nSPS) is 6.00. The van der Waals surface area contributed by atoms with Gasteiger partial charge in [-0.1, -0.05) is 0 Å². The largest absolute Gasteiger partial charge is 0.443 e. The topological polar surface area (TPSA) is 102 Å². The molecule has 5 nitrogen and oxygen atoms in total. The molecule has 0 amide bonds. The SMILES string of the molecule is N#CO.O=[PH](O)O. The average Bonchev–Trinajstić information content (AvgIpc) is 1.33. The molecule has 7 heavy (non-hydrogen) atoms. The quantitative estimate of drug-likeness (QED) is 0.290. The molecule has 0 atom stereocenters. The minimum absolute atomic E-state index is 0.750. The molecule has 0 fully saturated rings. The second-order valence-electron chi connectivity index (χ2n) is 0.383. The summed E-state index contributed by atoms with van der Waals surface area (Å²) in [6.07, 6.45) is 0.750. The Balaban J connectivity index is 0. The van der Waals surface area contributed by atoms with Crippen molar-refractivity contribution in [2.45, 2.75) is 0 Å². The number of aliphatic hydroxyl groups excluding tert-OH is 1. The van der Waals surface area contributed by atoms with Gasteiger partial charge in [0.25, 0.3) is 6.26 Å². The Morgan fingerprint density at radius 1 is 1.57 bits per heavy atom. The maximum atomic E-state index is 8.74. The smallest absolute Gasteiger partial charge is 0.314 e. The van der Waals surface area contributed by atoms with Crippen LogP contribution in [0.4, 0.5) is 0 Å². The Hall–Kier alpha value is -0.560. The number of hydrogen-bond donors (Lipinski definition) is 3. The van der Waals surface area contributed by atoms with E-state index in [9.17, 15) is 0 Å². The summed E-state index contributed by atoms with van der Waals surface area (Å²) in [6.45, 7) is 0. The van der Waals surface area contributed by atoms with Gasteiger partial charge in [0, 0.05) is 0 Å². The maximum absolute atomic E-state index is 8.74. The highest BCUT2D eigenvalue weighted by Gasteiger charge is 1.61. The zero-order valence-electron chi connectivity index (χ0n) is 3.20. The van der Waals surface area contributed by atoms with E-state index in [2.05, 4.69) is 0 Å². The first-order valence-electron chi connectivity index (χ1n) is 1.10. The molecule has 0 aromatic carbocycles. The molecule has 3 N–H and O–H groups in total. The molecule has 0 aromatic heterocycles. The van der Waals surface area contributed by atoms with Crippen LogP contribution in [0.5, 0.6) is 0 Å². The van der Waals surface area contributed by atoms with E-state index in [1.807, 2.05) is 0 Å². The molecule has 42 valence electrons. The lowest BCUT2D eigenvalue weighted by Gasteiger charge is -1.61. The lowest BCUT2D eigenvalue weighted by molar-refractivity contribution is 0.405. The summed E-state index contributed by atoms with van der Waals surface area (Å²) in [5, 5.41) is 13.8. The van der Waals surface area contributed by atoms with Crippen molar-refractivity contribution in [3.05, 3.63) is 0 Å². The molecule has 0 aliphatic rings. The Bertz CT molecular complexity index is 80.2. The molecule has 0 heterocycles. The summed E-state index contributed by atoms with van der Waals surface area (Å²) >= 11 is 0. The van der Waals surface area contributed by atoms with E-state index in [0.717, 1.165) is 6.26 Å². The first-order chi connectivity index (χ1) is 3.15. The standard InChI is InChI=1S/CHNO.H3O3P/c2-1-3;1-4(2)3/h3H;4H,(H2,1,2,3). The first-order valence-corrected chi connectivity index (χ1v) is 2.40. The Labute approximate surface area is 40.4 Å². The zero-order chi connectivity index (χ0) is 6.28. The van der Waals surface area contributed by atoms with Crippen LogP contribution >= 0.6 is 8.25 Å². The summed E-state index contributed by atoms with van der Waals surface area (Å²) in [6, 6.07) is 0. The molecule has 0 bridgehead atoms. The third-order valence-corrected chi connectivity index (χ3v) is 0. The molecular formula is CH4NO4P. The van der Waals surface area contributed by atoms with Crippen molar-refractivity contribution in [1.82, 2.24) is 0 Å². The molecule has 0 aliphatic heterocycles. The number of hydrogen-bond acceptors (Lipinski definition) is 3. The number of nitriles is 1. The predicted octanol–water partition coefficient (Wildman–Crippen LogP) is -0.799. The van der Waals surface area contributed by atoms with Crippen molar-refractivity contribution < 1.29 is 19.5 Å². The van der Waals surface area contributed by atoms with Gasteiger partial charge in [-0.05, 0) is 0 Å². The average molecular weight is 125 g/mol. The van der Waals surface area contributed by atoms with Gasteiger partial charge >= 0.3 is 8.25 Å². The van der Waals surface area contributed by atoms with Crippen molar-refractivity contribution in [3.8, 4) is 6.26 Å². The van der Waals surface area contributed by atoms with Crippen LogP contribution in [-0.4, -0.2) is 14.9 Å². The molecule has 0 unspecified atom stereocenters. The molecule has 0 spiro atoms. The van der Waals surface area contributed by atoms with Crippen LogP contribution in [0, 0.1) is 11.5 Å². The maximum Gasteiger partial charge on any atom is 0.314 e. The Morgan fingerprint density at radius 3 is 1.57 bits per heavy atom. The van der Waals surface area contributed by atoms with Crippen LogP contribution in [0.25, 0.3) is 0 Å². The highest BCUT2D eigenvalue weighted by Crippen LogP contribution is 1.98. The highest BCUT2D eigenvalue weighted by molar-refractivity contribution is 7.30. The lowest BCUT2D eigenvalue weighted by atomic mass is 11.6. The van der Waals surface area contributed by atoms with Gasteiger partial charge in [-0.25, -0.2) is 0 Å². The van der Waals surface area contributed by atoms with Crippen molar-refractivity contribution >= 4 is 8.25 Å². The third-order valence-electron chi connectivity index (χ3n) is 0. The van der Waals surface area contributed by atoms with Crippen LogP contribution in [0.1, 0.15) is 0 Å². The van der Waals surface area contributed by atoms with Crippen LogP contribution in [0.3, 0.4) is 0 Å². The van der Waals surface area contributed by atoms with E-state index in [0.29, 0.717) is 0 Å². The van der Waals surface area contributed by atoms with E-state index < -0.39 is 8.25 Å². The van der Waals surface area contributed by atoms with Gasteiger partial charge in [0.1, 0.15) is 0 Å². The van der Waals surface area contributed by atoms with Crippen LogP contribution < -0.4 is 0 Å². The minimum Gasteiger partial charge on any atom is -0.443 e. The fourth-order valence-electron chi connectivity index (χ4n) is 0. The van der Waals surface area contributed by atoms with Crippen LogP contribution in [-0.2, 0) is 4.57 Å². The first kappa shape index (κ1) is 9.67. The fourth-order valence-corrected chi connectivity index (χ4v) is 0. The summed E-state index contributed by atoms with van der Waals surface area (Å²) in [7, 11) is -3.13. The van der Waals surface area contributed by atoms with Crippen molar-refractivity contribution in [2.75, 3.05) is 0 Å². The predicted molar refractivity (Wildman–Crippen MR) is 21.0 cm³/mol. The monoisotopic (exact) mass is 125 g/mol. The van der Waals surface area contributed by atoms with E-state index >= 15 is 0 Å². The fraction of sp³-hybridized carbons (Fsp3) is 0. The summed E-state index contributed by atoms with van der Waals surface area (Å²) in [5.74, 6) is 0. The molecular weight excluding hydrogens is 121 g/mol. The van der Waals surface area contributed by atoms with Crippen LogP contribution in [0.2, 0.25) is 0 Å². The zero-order valence-corrected chi connectivity index (χ0v) is 4.20. The van der Waals surface area contributed by atoms with Crippen molar-refractivity contribution in [1.29, 1.82) is 5.26 Å². The van der Waals surface area contributed by atoms with E-state index in [1.165, 1.54) is 0 Å². The van der Waals surface area contributed by atoms with E-state index in [4.69, 9.17) is 24.7 Å². The van der Waals surface area contributed by atoms with Crippen molar-refractivity contribution in [2.24, 2.45) is 0 Å². The summed E-state index contributed by atoms with van der Waals surface area (Å²) < 4.78 is 8.74. The highest BCUT2D eigenvalue weighted by atomic mass is 31.1. The number of nitrogens with zero attached hydrogens (tertiary/aromatic N) is 1. The third kappa shape index (κ3) is 205. The summed E-state index contributed by atoms with van der Waals surface area (Å²) in [5.41, 5.74) is 0. The van der Waals surface area contributed by atoms with Gasteiger partial charge in [-0.15, -0.1) is 0 Å². The summed E-state index contributed by atoms with van der Waals surface area (Å²) in [4.78, 5) is 14.3. The lowest BCUT2D eigenvalue weighted by Crippen LogP contribution is -1.38. The molecule has 0 rings (SSSR count). The second kappa shape index (κ2) is 9.06. The van der Waals surface area contributed by atoms with Gasteiger partial charge < -0.3 is 14.9 Å². The van der Waals surface area contributed by atoms with E-state index in [1.54, 1.807) is 0 Å². The molecule has 0 saturated carbocycles. The van der Waals surface area contributed by atoms with Gasteiger partial charge in [-0.3, -0.25) is 4.57 Å². The second-order valence-corrected chi connectivity index (χ2v) is 0.948.